The first-order valence-corrected chi connectivity index (χ1v) is 6.83. The summed E-state index contributed by atoms with van der Waals surface area (Å²) in [6, 6.07) is 16.9. The third-order valence-corrected chi connectivity index (χ3v) is 3.62. The number of hydrogen-bond donors (Lipinski definition) is 0. The number of halogens is 1. The summed E-state index contributed by atoms with van der Waals surface area (Å²) in [5.41, 5.74) is 5.35. The predicted molar refractivity (Wildman–Crippen MR) is 81.3 cm³/mol. The van der Waals surface area contributed by atoms with Gasteiger partial charge in [0, 0.05) is 4.47 Å². The van der Waals surface area contributed by atoms with E-state index in [1.165, 1.54) is 22.3 Å². The molecule has 0 radical (unpaired) electrons. The van der Waals surface area contributed by atoms with Gasteiger partial charge in [0.15, 0.2) is 0 Å². The predicted octanol–water partition coefficient (Wildman–Crippen LogP) is 5.10. The molecule has 0 nitrogen and oxygen atoms in total. The number of fused-ring (bicyclic) bond motifs is 1. The molecule has 18 heavy (non-hydrogen) atoms. The standard InChI is InChI=1S/C17H13Br/c18-17-9-8-15-10-14(11-16(15)12-17)7-6-13-4-2-1-3-5-13/h1-10,12H,11H2/b7-6+. The fourth-order valence-electron chi connectivity index (χ4n) is 2.21. The first-order chi connectivity index (χ1) is 8.81. The number of benzene rings is 2. The summed E-state index contributed by atoms with van der Waals surface area (Å²) in [6.07, 6.45) is 7.68. The monoisotopic (exact) mass is 296 g/mol. The topological polar surface area (TPSA) is 0 Å². The first-order valence-electron chi connectivity index (χ1n) is 6.03. The molecule has 0 saturated carbocycles. The fraction of sp³-hybridized carbons (Fsp3) is 0.0588. The van der Waals surface area contributed by atoms with Crippen LogP contribution in [0, 0.1) is 0 Å². The molecule has 88 valence electrons. The van der Waals surface area contributed by atoms with Crippen molar-refractivity contribution in [3.63, 3.8) is 0 Å². The van der Waals surface area contributed by atoms with Crippen molar-refractivity contribution >= 4 is 28.1 Å². The van der Waals surface area contributed by atoms with Crippen molar-refractivity contribution in [1.29, 1.82) is 0 Å². The minimum Gasteiger partial charge on any atom is -0.0622 e. The van der Waals surface area contributed by atoms with Gasteiger partial charge in [0.1, 0.15) is 0 Å². The third-order valence-electron chi connectivity index (χ3n) is 3.13. The quantitative estimate of drug-likeness (QED) is 0.723. The van der Waals surface area contributed by atoms with Crippen LogP contribution in [0.25, 0.3) is 12.2 Å². The minimum absolute atomic E-state index is 1.03. The molecule has 0 fully saturated rings. The van der Waals surface area contributed by atoms with Crippen LogP contribution in [0.5, 0.6) is 0 Å². The van der Waals surface area contributed by atoms with Gasteiger partial charge in [-0.3, -0.25) is 0 Å². The lowest BCUT2D eigenvalue weighted by atomic mass is 10.1. The van der Waals surface area contributed by atoms with Crippen LogP contribution in [0.1, 0.15) is 16.7 Å². The summed E-state index contributed by atoms with van der Waals surface area (Å²) in [5.74, 6) is 0. The van der Waals surface area contributed by atoms with Gasteiger partial charge in [-0.2, -0.15) is 0 Å². The van der Waals surface area contributed by atoms with E-state index >= 15 is 0 Å². The molecule has 2 aromatic rings. The zero-order valence-electron chi connectivity index (χ0n) is 9.94. The minimum atomic E-state index is 1.03. The largest absolute Gasteiger partial charge is 0.0622 e. The molecule has 1 aliphatic carbocycles. The van der Waals surface area contributed by atoms with E-state index in [-0.39, 0.29) is 0 Å². The Hall–Kier alpha value is -1.60. The molecule has 0 N–H and O–H groups in total. The first kappa shape index (κ1) is 11.5. The van der Waals surface area contributed by atoms with Gasteiger partial charge in [-0.15, -0.1) is 0 Å². The highest BCUT2D eigenvalue weighted by Gasteiger charge is 2.10. The molecule has 1 heteroatoms. The van der Waals surface area contributed by atoms with Gasteiger partial charge in [0.25, 0.3) is 0 Å². The number of rotatable bonds is 2. The molecule has 1 aliphatic rings. The Labute approximate surface area is 116 Å². The van der Waals surface area contributed by atoms with Gasteiger partial charge >= 0.3 is 0 Å². The second-order valence-electron chi connectivity index (χ2n) is 4.48. The van der Waals surface area contributed by atoms with Crippen molar-refractivity contribution in [2.75, 3.05) is 0 Å². The SMILES string of the molecule is Brc1ccc2c(c1)CC(/C=C/c1ccccc1)=C2. The lowest BCUT2D eigenvalue weighted by Gasteiger charge is -1.98. The molecule has 0 atom stereocenters. The molecule has 0 amide bonds. The average molecular weight is 297 g/mol. The van der Waals surface area contributed by atoms with Gasteiger partial charge < -0.3 is 0 Å². The maximum Gasteiger partial charge on any atom is 0.0178 e. The maximum absolute atomic E-state index is 3.52. The zero-order chi connectivity index (χ0) is 12.4. The normalized spacial score (nSPS) is 13.7. The molecule has 2 aromatic carbocycles. The van der Waals surface area contributed by atoms with Crippen LogP contribution < -0.4 is 0 Å². The van der Waals surface area contributed by atoms with Crippen LogP contribution >= 0.6 is 15.9 Å². The second-order valence-corrected chi connectivity index (χ2v) is 5.40. The summed E-state index contributed by atoms with van der Waals surface area (Å²) in [6.45, 7) is 0. The van der Waals surface area contributed by atoms with Gasteiger partial charge in [-0.05, 0) is 40.8 Å². The molecule has 0 spiro atoms. The molecule has 3 rings (SSSR count). The van der Waals surface area contributed by atoms with E-state index in [9.17, 15) is 0 Å². The smallest absolute Gasteiger partial charge is 0.0178 e. The Morgan fingerprint density at radius 1 is 0.944 bits per heavy atom. The molecule has 0 bridgehead atoms. The summed E-state index contributed by atoms with van der Waals surface area (Å²) in [5, 5.41) is 0. The van der Waals surface area contributed by atoms with Crippen molar-refractivity contribution in [3.05, 3.63) is 81.3 Å². The van der Waals surface area contributed by atoms with Crippen molar-refractivity contribution in [1.82, 2.24) is 0 Å². The van der Waals surface area contributed by atoms with Crippen LogP contribution in [-0.4, -0.2) is 0 Å². The van der Waals surface area contributed by atoms with Crippen LogP contribution in [0.2, 0.25) is 0 Å². The van der Waals surface area contributed by atoms with Crippen LogP contribution in [0.4, 0.5) is 0 Å². The van der Waals surface area contributed by atoms with Gasteiger partial charge in [0.2, 0.25) is 0 Å². The van der Waals surface area contributed by atoms with Crippen molar-refractivity contribution < 1.29 is 0 Å². The van der Waals surface area contributed by atoms with Gasteiger partial charge in [-0.1, -0.05) is 70.6 Å². The Morgan fingerprint density at radius 2 is 1.78 bits per heavy atom. The van der Waals surface area contributed by atoms with Crippen LogP contribution in [-0.2, 0) is 6.42 Å². The molecule has 0 saturated heterocycles. The van der Waals surface area contributed by atoms with Crippen molar-refractivity contribution in [2.24, 2.45) is 0 Å². The highest BCUT2D eigenvalue weighted by atomic mass is 79.9. The highest BCUT2D eigenvalue weighted by molar-refractivity contribution is 9.10. The maximum atomic E-state index is 3.52. The Kier molecular flexibility index (Phi) is 3.16. The average Bonchev–Trinajstić information content (AvgIpc) is 2.79. The van der Waals surface area contributed by atoms with Crippen molar-refractivity contribution in [2.45, 2.75) is 6.42 Å². The summed E-state index contributed by atoms with van der Waals surface area (Å²) in [7, 11) is 0. The number of allylic oxidation sites excluding steroid dienone is 2. The Morgan fingerprint density at radius 3 is 2.61 bits per heavy atom. The fourth-order valence-corrected chi connectivity index (χ4v) is 2.62. The zero-order valence-corrected chi connectivity index (χ0v) is 11.5. The molecule has 0 aliphatic heterocycles. The summed E-state index contributed by atoms with van der Waals surface area (Å²) < 4.78 is 1.16. The molecular formula is C17H13Br. The highest BCUT2D eigenvalue weighted by Crippen LogP contribution is 2.28. The Balaban J connectivity index is 1.80. The van der Waals surface area contributed by atoms with E-state index in [4.69, 9.17) is 0 Å². The molecular weight excluding hydrogens is 284 g/mol. The van der Waals surface area contributed by atoms with Gasteiger partial charge in [0.05, 0.1) is 0 Å². The van der Waals surface area contributed by atoms with Crippen molar-refractivity contribution in [3.8, 4) is 0 Å². The summed E-state index contributed by atoms with van der Waals surface area (Å²) >= 11 is 3.52. The third kappa shape index (κ3) is 2.46. The van der Waals surface area contributed by atoms with E-state index < -0.39 is 0 Å². The molecule has 0 aromatic heterocycles. The van der Waals surface area contributed by atoms with E-state index in [1.807, 2.05) is 6.07 Å². The van der Waals surface area contributed by atoms with Crippen LogP contribution in [0.15, 0.2) is 64.7 Å². The van der Waals surface area contributed by atoms with E-state index in [2.05, 4.69) is 76.6 Å². The second kappa shape index (κ2) is 4.95. The van der Waals surface area contributed by atoms with Crippen LogP contribution in [0.3, 0.4) is 0 Å². The van der Waals surface area contributed by atoms with Gasteiger partial charge in [-0.25, -0.2) is 0 Å². The summed E-state index contributed by atoms with van der Waals surface area (Å²) in [4.78, 5) is 0. The lowest BCUT2D eigenvalue weighted by Crippen LogP contribution is -1.82. The Bertz CT molecular complexity index is 621. The lowest BCUT2D eigenvalue weighted by molar-refractivity contribution is 1.24. The number of hydrogen-bond acceptors (Lipinski definition) is 0. The van der Waals surface area contributed by atoms with E-state index in [1.54, 1.807) is 0 Å². The van der Waals surface area contributed by atoms with E-state index in [0.29, 0.717) is 0 Å². The molecule has 0 unspecified atom stereocenters. The van der Waals surface area contributed by atoms with E-state index in [0.717, 1.165) is 10.9 Å². The molecule has 0 heterocycles.